The highest BCUT2D eigenvalue weighted by Crippen LogP contribution is 2.28. The van der Waals surface area contributed by atoms with Crippen LogP contribution in [0.1, 0.15) is 10.4 Å². The van der Waals surface area contributed by atoms with Crippen molar-refractivity contribution in [3.05, 3.63) is 36.2 Å². The van der Waals surface area contributed by atoms with Crippen LogP contribution in [-0.4, -0.2) is 15.5 Å². The summed E-state index contributed by atoms with van der Waals surface area (Å²) in [6.07, 6.45) is 3.57. The van der Waals surface area contributed by atoms with E-state index in [0.717, 1.165) is 10.1 Å². The molecular formula is C11H12N4OS. The monoisotopic (exact) mass is 248 g/mol. The highest BCUT2D eigenvalue weighted by atomic mass is 32.2. The maximum Gasteiger partial charge on any atom is 0.250 e. The molecule has 0 bridgehead atoms. The number of amides is 1. The van der Waals surface area contributed by atoms with E-state index in [2.05, 4.69) is 4.98 Å². The van der Waals surface area contributed by atoms with Gasteiger partial charge in [0.1, 0.15) is 0 Å². The van der Waals surface area contributed by atoms with Crippen molar-refractivity contribution in [3.63, 3.8) is 0 Å². The molecule has 5 nitrogen and oxygen atoms in total. The van der Waals surface area contributed by atoms with Gasteiger partial charge in [0.15, 0.2) is 5.16 Å². The lowest BCUT2D eigenvalue weighted by Crippen LogP contribution is -2.13. The Morgan fingerprint density at radius 3 is 2.82 bits per heavy atom. The van der Waals surface area contributed by atoms with Crippen molar-refractivity contribution in [2.75, 3.05) is 5.73 Å². The highest BCUT2D eigenvalue weighted by Gasteiger charge is 2.09. The van der Waals surface area contributed by atoms with Crippen LogP contribution in [0.3, 0.4) is 0 Å². The maximum atomic E-state index is 11.2. The van der Waals surface area contributed by atoms with Crippen molar-refractivity contribution in [1.29, 1.82) is 0 Å². The molecule has 2 rings (SSSR count). The Balaban J connectivity index is 2.32. The second kappa shape index (κ2) is 4.50. The molecule has 1 amide bonds. The Morgan fingerprint density at radius 1 is 1.47 bits per heavy atom. The summed E-state index contributed by atoms with van der Waals surface area (Å²) in [7, 11) is 1.90. The topological polar surface area (TPSA) is 86.9 Å². The normalized spacial score (nSPS) is 10.4. The van der Waals surface area contributed by atoms with Crippen molar-refractivity contribution in [3.8, 4) is 0 Å². The minimum Gasteiger partial charge on any atom is -0.398 e. The van der Waals surface area contributed by atoms with Crippen LogP contribution >= 0.6 is 11.8 Å². The lowest BCUT2D eigenvalue weighted by atomic mass is 10.2. The van der Waals surface area contributed by atoms with E-state index in [4.69, 9.17) is 11.5 Å². The number of rotatable bonds is 3. The van der Waals surface area contributed by atoms with Crippen LogP contribution in [0.15, 0.2) is 40.6 Å². The number of aromatic nitrogens is 2. The van der Waals surface area contributed by atoms with Crippen LogP contribution < -0.4 is 11.5 Å². The zero-order valence-corrected chi connectivity index (χ0v) is 10.1. The number of anilines is 1. The molecule has 4 N–H and O–H groups in total. The zero-order chi connectivity index (χ0) is 12.4. The van der Waals surface area contributed by atoms with Crippen molar-refractivity contribution >= 4 is 23.4 Å². The molecule has 88 valence electrons. The average molecular weight is 248 g/mol. The quantitative estimate of drug-likeness (QED) is 0.800. The first-order chi connectivity index (χ1) is 8.08. The van der Waals surface area contributed by atoms with Crippen molar-refractivity contribution in [1.82, 2.24) is 9.55 Å². The first-order valence-corrected chi connectivity index (χ1v) is 5.74. The number of hydrogen-bond acceptors (Lipinski definition) is 4. The molecule has 0 aliphatic carbocycles. The molecule has 17 heavy (non-hydrogen) atoms. The number of carbonyl (C=O) groups is 1. The van der Waals surface area contributed by atoms with Crippen LogP contribution in [0.2, 0.25) is 0 Å². The standard InChI is InChI=1S/C11H12N4OS/c1-15-5-4-14-11(15)17-7-2-3-9(12)8(6-7)10(13)16/h2-6H,12H2,1H3,(H2,13,16). The molecule has 0 unspecified atom stereocenters. The first-order valence-electron chi connectivity index (χ1n) is 4.92. The van der Waals surface area contributed by atoms with E-state index in [1.807, 2.05) is 23.9 Å². The Bertz CT molecular complexity index is 564. The van der Waals surface area contributed by atoms with Gasteiger partial charge in [0, 0.05) is 30.0 Å². The summed E-state index contributed by atoms with van der Waals surface area (Å²) in [5.41, 5.74) is 11.6. The predicted octanol–water partition coefficient (Wildman–Crippen LogP) is 1.25. The molecule has 1 heterocycles. The minimum atomic E-state index is -0.523. The van der Waals surface area contributed by atoms with Gasteiger partial charge in [0.05, 0.1) is 5.56 Å². The lowest BCUT2D eigenvalue weighted by Gasteiger charge is -2.05. The molecule has 0 aliphatic heterocycles. The van der Waals surface area contributed by atoms with Crippen LogP contribution in [0.5, 0.6) is 0 Å². The van der Waals surface area contributed by atoms with E-state index in [0.29, 0.717) is 11.3 Å². The highest BCUT2D eigenvalue weighted by molar-refractivity contribution is 7.99. The fourth-order valence-corrected chi connectivity index (χ4v) is 2.21. The summed E-state index contributed by atoms with van der Waals surface area (Å²) < 4.78 is 1.89. The molecule has 6 heteroatoms. The average Bonchev–Trinajstić information content (AvgIpc) is 2.67. The van der Waals surface area contributed by atoms with Gasteiger partial charge < -0.3 is 16.0 Å². The molecule has 0 atom stereocenters. The number of benzene rings is 1. The van der Waals surface area contributed by atoms with Gasteiger partial charge in [-0.15, -0.1) is 0 Å². The van der Waals surface area contributed by atoms with Crippen LogP contribution in [0.4, 0.5) is 5.69 Å². The Hall–Kier alpha value is -1.95. The zero-order valence-electron chi connectivity index (χ0n) is 9.25. The second-order valence-corrected chi connectivity index (χ2v) is 4.58. The molecule has 0 aliphatic rings. The summed E-state index contributed by atoms with van der Waals surface area (Å²) in [4.78, 5) is 16.2. The Morgan fingerprint density at radius 2 is 2.24 bits per heavy atom. The van der Waals surface area contributed by atoms with Gasteiger partial charge in [-0.05, 0) is 18.2 Å². The summed E-state index contributed by atoms with van der Waals surface area (Å²) in [5, 5.41) is 0.838. The molecular weight excluding hydrogens is 236 g/mol. The van der Waals surface area contributed by atoms with Gasteiger partial charge in [-0.1, -0.05) is 11.8 Å². The van der Waals surface area contributed by atoms with Crippen molar-refractivity contribution < 1.29 is 4.79 Å². The molecule has 1 aromatic carbocycles. The molecule has 0 spiro atoms. The van der Waals surface area contributed by atoms with Gasteiger partial charge in [-0.3, -0.25) is 4.79 Å². The number of nitrogen functional groups attached to an aromatic ring is 1. The van der Waals surface area contributed by atoms with E-state index in [1.54, 1.807) is 18.3 Å². The van der Waals surface area contributed by atoms with Gasteiger partial charge in [0.2, 0.25) is 0 Å². The predicted molar refractivity (Wildman–Crippen MR) is 66.7 cm³/mol. The van der Waals surface area contributed by atoms with Crippen molar-refractivity contribution in [2.45, 2.75) is 10.1 Å². The van der Waals surface area contributed by atoms with Crippen molar-refractivity contribution in [2.24, 2.45) is 12.8 Å². The van der Waals surface area contributed by atoms with Crippen LogP contribution in [0.25, 0.3) is 0 Å². The summed E-state index contributed by atoms with van der Waals surface area (Å²) in [5.74, 6) is -0.523. The van der Waals surface area contributed by atoms with E-state index in [-0.39, 0.29) is 0 Å². The Kier molecular flexibility index (Phi) is 3.06. The summed E-state index contributed by atoms with van der Waals surface area (Å²) in [6.45, 7) is 0. The van der Waals surface area contributed by atoms with E-state index in [1.165, 1.54) is 11.8 Å². The van der Waals surface area contributed by atoms with E-state index in [9.17, 15) is 4.79 Å². The number of nitrogens with two attached hydrogens (primary N) is 2. The van der Waals surface area contributed by atoms with Gasteiger partial charge >= 0.3 is 0 Å². The molecule has 0 fully saturated rings. The van der Waals surface area contributed by atoms with Crippen LogP contribution in [0, 0.1) is 0 Å². The number of aryl methyl sites for hydroxylation is 1. The third-order valence-electron chi connectivity index (χ3n) is 2.28. The minimum absolute atomic E-state index is 0.337. The fourth-order valence-electron chi connectivity index (χ4n) is 1.37. The molecule has 0 saturated heterocycles. The molecule has 2 aromatic rings. The largest absolute Gasteiger partial charge is 0.398 e. The number of carbonyl (C=O) groups excluding carboxylic acids is 1. The second-order valence-electron chi connectivity index (χ2n) is 3.54. The fraction of sp³-hybridized carbons (Fsp3) is 0.0909. The summed E-state index contributed by atoms with van der Waals surface area (Å²) in [6, 6.07) is 5.18. The van der Waals surface area contributed by atoms with E-state index < -0.39 is 5.91 Å². The third-order valence-corrected chi connectivity index (χ3v) is 3.34. The number of hydrogen-bond donors (Lipinski definition) is 2. The number of imidazole rings is 1. The Labute approximate surface area is 103 Å². The maximum absolute atomic E-state index is 11.2. The summed E-state index contributed by atoms with van der Waals surface area (Å²) >= 11 is 1.45. The van der Waals surface area contributed by atoms with Gasteiger partial charge in [-0.25, -0.2) is 4.98 Å². The van der Waals surface area contributed by atoms with E-state index >= 15 is 0 Å². The number of primary amides is 1. The van der Waals surface area contributed by atoms with Gasteiger partial charge in [-0.2, -0.15) is 0 Å². The third kappa shape index (κ3) is 2.42. The smallest absolute Gasteiger partial charge is 0.250 e. The first kappa shape index (κ1) is 11.5. The molecule has 1 aromatic heterocycles. The molecule has 0 radical (unpaired) electrons. The lowest BCUT2D eigenvalue weighted by molar-refractivity contribution is 0.100. The van der Waals surface area contributed by atoms with Crippen LogP contribution in [-0.2, 0) is 7.05 Å². The van der Waals surface area contributed by atoms with Gasteiger partial charge in [0.25, 0.3) is 5.91 Å². The SMILES string of the molecule is Cn1ccnc1Sc1ccc(N)c(C(N)=O)c1. The molecule has 0 saturated carbocycles. The number of nitrogens with zero attached hydrogens (tertiary/aromatic N) is 2.